The first-order valence-electron chi connectivity index (χ1n) is 6.92. The van der Waals surface area contributed by atoms with Crippen LogP contribution in [0.1, 0.15) is 19.3 Å². The van der Waals surface area contributed by atoms with E-state index in [2.05, 4.69) is 0 Å². The number of fused-ring (bicyclic) bond motifs is 2. The van der Waals surface area contributed by atoms with Crippen LogP contribution in [0, 0.1) is 20.2 Å². The fourth-order valence-electron chi connectivity index (χ4n) is 3.57. The van der Waals surface area contributed by atoms with Gasteiger partial charge in [-0.2, -0.15) is 0 Å². The highest BCUT2D eigenvalue weighted by Crippen LogP contribution is 2.36. The van der Waals surface area contributed by atoms with Crippen molar-refractivity contribution in [1.82, 2.24) is 0 Å². The first-order chi connectivity index (χ1) is 10.6. The Labute approximate surface area is 130 Å². The Morgan fingerprint density at radius 3 is 2.39 bits per heavy atom. The number of carboxylic acids is 1. The number of primary amides is 1. The van der Waals surface area contributed by atoms with Crippen LogP contribution < -0.4 is 15.7 Å². The van der Waals surface area contributed by atoms with E-state index >= 15 is 0 Å². The van der Waals surface area contributed by atoms with Crippen LogP contribution >= 0.6 is 0 Å². The molecule has 1 heterocycles. The zero-order chi connectivity index (χ0) is 17.4. The van der Waals surface area contributed by atoms with Crippen molar-refractivity contribution in [3.63, 3.8) is 0 Å². The van der Waals surface area contributed by atoms with Crippen molar-refractivity contribution in [2.75, 3.05) is 13.1 Å². The van der Waals surface area contributed by atoms with E-state index in [1.54, 1.807) is 0 Å². The number of carboxylic acid groups (broad SMARTS) is 1. The van der Waals surface area contributed by atoms with Crippen molar-refractivity contribution in [2.24, 2.45) is 5.73 Å². The van der Waals surface area contributed by atoms with Gasteiger partial charge in [-0.1, -0.05) is 6.08 Å². The number of nitrogens with zero attached hydrogens (tertiary/aromatic N) is 2. The smallest absolute Gasteiger partial charge is 0.294 e. The van der Waals surface area contributed by atoms with E-state index in [0.717, 1.165) is 0 Å². The minimum absolute atomic E-state index is 0.0323. The van der Waals surface area contributed by atoms with Gasteiger partial charge in [-0.3, -0.25) is 25.0 Å². The Hall–Kier alpha value is -2.56. The monoisotopic (exact) mass is 328 g/mol. The lowest BCUT2D eigenvalue weighted by Crippen LogP contribution is -3.22. The fourth-order valence-corrected chi connectivity index (χ4v) is 3.57. The molecule has 0 aromatic rings. The number of carbonyl (C=O) groups excluding carboxylic acids is 2. The molecule has 2 aliphatic rings. The summed E-state index contributed by atoms with van der Waals surface area (Å²) in [7, 11) is 0. The molecule has 0 aromatic carbocycles. The molecular formula is C12H16N4O7. The summed E-state index contributed by atoms with van der Waals surface area (Å²) in [4.78, 5) is 44.2. The Kier molecular flexibility index (Phi) is 4.07. The van der Waals surface area contributed by atoms with Crippen molar-refractivity contribution in [3.05, 3.63) is 32.4 Å². The van der Waals surface area contributed by atoms with Crippen LogP contribution in [0.15, 0.2) is 12.2 Å². The summed E-state index contributed by atoms with van der Waals surface area (Å²) in [5.74, 6) is -2.52. The second-order valence-corrected chi connectivity index (χ2v) is 6.18. The lowest BCUT2D eigenvalue weighted by Gasteiger charge is -2.43. The van der Waals surface area contributed by atoms with E-state index in [1.165, 1.54) is 12.2 Å². The summed E-state index contributed by atoms with van der Waals surface area (Å²) in [5, 5.41) is 34.3. The van der Waals surface area contributed by atoms with E-state index < -0.39 is 45.3 Å². The molecule has 0 spiro atoms. The van der Waals surface area contributed by atoms with Crippen molar-refractivity contribution < 1.29 is 29.4 Å². The number of piperidine rings is 1. The van der Waals surface area contributed by atoms with Crippen LogP contribution in [0.4, 0.5) is 0 Å². The number of carbonyl (C=O) groups is 2. The number of hydrogen-bond acceptors (Lipinski definition) is 7. The summed E-state index contributed by atoms with van der Waals surface area (Å²) < 4.78 is 0. The van der Waals surface area contributed by atoms with Gasteiger partial charge in [-0.15, -0.1) is 0 Å². The van der Waals surface area contributed by atoms with Gasteiger partial charge in [0.2, 0.25) is 5.91 Å². The van der Waals surface area contributed by atoms with Gasteiger partial charge >= 0.3 is 0 Å². The molecule has 11 heteroatoms. The van der Waals surface area contributed by atoms with Crippen LogP contribution in [0.5, 0.6) is 0 Å². The molecule has 0 saturated carbocycles. The number of nitrogens with two attached hydrogens (primary N) is 1. The van der Waals surface area contributed by atoms with E-state index in [9.17, 15) is 34.9 Å². The Balaban J connectivity index is 2.45. The summed E-state index contributed by atoms with van der Waals surface area (Å²) in [5.41, 5.74) is 1.64. The molecule has 4 atom stereocenters. The standard InChI is InChI=1S/C12H16N4O7/c13-9(17)4-8(10(18)19)14-6-11(15(20)21)2-1-3-12(5-11,7-14)16(22)23/h1-2,8H,3-7H2,(H2,13,17)(H,18,19)/t8-,11-,12+/m0/s1. The molecule has 23 heavy (non-hydrogen) atoms. The first kappa shape index (κ1) is 16.8. The summed E-state index contributed by atoms with van der Waals surface area (Å²) >= 11 is 0. The largest absolute Gasteiger partial charge is 0.544 e. The first-order valence-corrected chi connectivity index (χ1v) is 6.92. The van der Waals surface area contributed by atoms with E-state index in [4.69, 9.17) is 5.73 Å². The lowest BCUT2D eigenvalue weighted by atomic mass is 9.71. The maximum Gasteiger partial charge on any atom is 0.294 e. The fraction of sp³-hybridized carbons (Fsp3) is 0.667. The summed E-state index contributed by atoms with van der Waals surface area (Å²) in [6, 6.07) is -1.46. The van der Waals surface area contributed by atoms with Gasteiger partial charge < -0.3 is 20.5 Å². The normalized spacial score (nSPS) is 33.7. The topological polar surface area (TPSA) is 174 Å². The lowest BCUT2D eigenvalue weighted by molar-refractivity contribution is -0.958. The predicted molar refractivity (Wildman–Crippen MR) is 71.1 cm³/mol. The van der Waals surface area contributed by atoms with Gasteiger partial charge in [-0.05, 0) is 6.08 Å². The van der Waals surface area contributed by atoms with Crippen molar-refractivity contribution in [2.45, 2.75) is 36.4 Å². The molecule has 3 N–H and O–H groups in total. The maximum absolute atomic E-state index is 11.5. The van der Waals surface area contributed by atoms with E-state index in [-0.39, 0.29) is 30.8 Å². The van der Waals surface area contributed by atoms with E-state index in [1.807, 2.05) is 0 Å². The van der Waals surface area contributed by atoms with Gasteiger partial charge in [0.1, 0.15) is 19.0 Å². The number of quaternary nitrogens is 1. The number of hydrogen-bond donors (Lipinski definition) is 2. The Morgan fingerprint density at radius 2 is 1.91 bits per heavy atom. The molecule has 11 nitrogen and oxygen atoms in total. The Morgan fingerprint density at radius 1 is 1.26 bits per heavy atom. The van der Waals surface area contributed by atoms with Crippen LogP contribution in [0.3, 0.4) is 0 Å². The average Bonchev–Trinajstić information content (AvgIpc) is 2.43. The molecule has 126 valence electrons. The molecule has 1 aliphatic carbocycles. The number of rotatable bonds is 6. The minimum Gasteiger partial charge on any atom is -0.544 e. The quantitative estimate of drug-likeness (QED) is 0.286. The highest BCUT2D eigenvalue weighted by atomic mass is 16.6. The minimum atomic E-state index is -1.73. The van der Waals surface area contributed by atoms with Crippen LogP contribution in [-0.2, 0) is 9.59 Å². The van der Waals surface area contributed by atoms with Gasteiger partial charge in [0, 0.05) is 16.3 Å². The predicted octanol–water partition coefficient (Wildman–Crippen LogP) is -3.74. The van der Waals surface area contributed by atoms with Crippen molar-refractivity contribution in [1.29, 1.82) is 0 Å². The second-order valence-electron chi connectivity index (χ2n) is 6.18. The summed E-state index contributed by atoms with van der Waals surface area (Å²) in [6.45, 7) is -0.524. The number of likely N-dealkylation sites (tertiary alicyclic amines) is 1. The molecule has 1 unspecified atom stereocenters. The molecule has 2 bridgehead atoms. The van der Waals surface area contributed by atoms with Crippen LogP contribution in [-0.4, -0.2) is 51.9 Å². The summed E-state index contributed by atoms with van der Waals surface area (Å²) in [6.07, 6.45) is 1.74. The number of amides is 1. The van der Waals surface area contributed by atoms with Gasteiger partial charge in [0.25, 0.3) is 11.1 Å². The zero-order valence-electron chi connectivity index (χ0n) is 12.1. The molecule has 1 amide bonds. The molecule has 1 aliphatic heterocycles. The van der Waals surface area contributed by atoms with Crippen LogP contribution in [0.25, 0.3) is 0 Å². The molecule has 1 fully saturated rings. The molecule has 1 saturated heterocycles. The van der Waals surface area contributed by atoms with Crippen molar-refractivity contribution >= 4 is 11.9 Å². The van der Waals surface area contributed by atoms with Gasteiger partial charge in [-0.25, -0.2) is 0 Å². The molecule has 0 aromatic heterocycles. The van der Waals surface area contributed by atoms with Gasteiger partial charge in [0.05, 0.1) is 12.4 Å². The third-order valence-electron chi connectivity index (χ3n) is 4.58. The molecule has 2 rings (SSSR count). The highest BCUT2D eigenvalue weighted by molar-refractivity contribution is 5.81. The van der Waals surface area contributed by atoms with Crippen LogP contribution in [0.2, 0.25) is 0 Å². The maximum atomic E-state index is 11.5. The number of nitrogens with one attached hydrogen (secondary N) is 1. The Bertz CT molecular complexity index is 606. The highest BCUT2D eigenvalue weighted by Gasteiger charge is 2.66. The average molecular weight is 328 g/mol. The second kappa shape index (κ2) is 5.57. The van der Waals surface area contributed by atoms with Crippen molar-refractivity contribution in [3.8, 4) is 0 Å². The van der Waals surface area contributed by atoms with Gasteiger partial charge in [0.15, 0.2) is 6.54 Å². The third-order valence-corrected chi connectivity index (χ3v) is 4.58. The third kappa shape index (κ3) is 2.86. The zero-order valence-corrected chi connectivity index (χ0v) is 12.1. The number of nitro groups is 2. The SMILES string of the molecule is NC(=O)C[C@@H](C(=O)[O-])[NH+]1C[C@]2([N+](=O)[O-])C=CC[C@]([N+](=O)[O-])(C1)C2. The number of aliphatic carboxylic acids is 1. The molecular weight excluding hydrogens is 312 g/mol. The molecule has 0 radical (unpaired) electrons. The van der Waals surface area contributed by atoms with E-state index in [0.29, 0.717) is 0 Å².